The van der Waals surface area contributed by atoms with Gasteiger partial charge in [0.25, 0.3) is 11.5 Å². The van der Waals surface area contributed by atoms with Crippen molar-refractivity contribution in [1.82, 2.24) is 14.7 Å². The number of pyridine rings is 1. The molecule has 0 spiro atoms. The molecule has 0 unspecified atom stereocenters. The van der Waals surface area contributed by atoms with E-state index in [-0.39, 0.29) is 11.5 Å². The first-order valence-electron chi connectivity index (χ1n) is 10.0. The van der Waals surface area contributed by atoms with Crippen LogP contribution < -0.4 is 15.6 Å². The van der Waals surface area contributed by atoms with Crippen LogP contribution in [0.15, 0.2) is 47.4 Å². The van der Waals surface area contributed by atoms with Gasteiger partial charge in [0.2, 0.25) is 0 Å². The molecule has 7 heteroatoms. The molecule has 1 aromatic carbocycles. The summed E-state index contributed by atoms with van der Waals surface area (Å²) in [5.41, 5.74) is 2.83. The zero-order valence-electron chi connectivity index (χ0n) is 16.6. The Labute approximate surface area is 177 Å². The zero-order valence-corrected chi connectivity index (χ0v) is 17.4. The molecule has 3 heterocycles. The number of hydrogen-bond donors (Lipinski definition) is 1. The second kappa shape index (κ2) is 7.57. The van der Waals surface area contributed by atoms with E-state index in [9.17, 15) is 9.59 Å². The molecular weight excluding hydrogens is 398 g/mol. The Morgan fingerprint density at radius 1 is 1.20 bits per heavy atom. The van der Waals surface area contributed by atoms with Crippen LogP contribution in [0.1, 0.15) is 39.2 Å². The van der Waals surface area contributed by atoms with Gasteiger partial charge in [-0.2, -0.15) is 0 Å². The van der Waals surface area contributed by atoms with Crippen LogP contribution >= 0.6 is 11.3 Å². The van der Waals surface area contributed by atoms with Crippen molar-refractivity contribution >= 4 is 33.1 Å². The number of aryl methyl sites for hydroxylation is 2. The molecule has 1 aliphatic rings. The van der Waals surface area contributed by atoms with E-state index in [1.54, 1.807) is 36.8 Å². The first kappa shape index (κ1) is 18.8. The summed E-state index contributed by atoms with van der Waals surface area (Å²) in [7, 11) is 1.62. The van der Waals surface area contributed by atoms with E-state index in [2.05, 4.69) is 5.32 Å². The van der Waals surface area contributed by atoms with Crippen LogP contribution in [-0.2, 0) is 19.4 Å². The Kier molecular flexibility index (Phi) is 4.75. The van der Waals surface area contributed by atoms with Crippen molar-refractivity contribution in [2.24, 2.45) is 0 Å². The number of amides is 1. The van der Waals surface area contributed by atoms with Crippen molar-refractivity contribution < 1.29 is 9.53 Å². The number of benzene rings is 1. The summed E-state index contributed by atoms with van der Waals surface area (Å²) in [5.74, 6) is 0.516. The summed E-state index contributed by atoms with van der Waals surface area (Å²) >= 11 is 1.59. The van der Waals surface area contributed by atoms with Gasteiger partial charge >= 0.3 is 0 Å². The van der Waals surface area contributed by atoms with E-state index in [0.717, 1.165) is 52.8 Å². The molecule has 0 bridgehead atoms. The number of thiophene rings is 1. The second-order valence-electron chi connectivity index (χ2n) is 7.45. The van der Waals surface area contributed by atoms with Gasteiger partial charge in [0, 0.05) is 17.6 Å². The molecule has 1 amide bonds. The monoisotopic (exact) mass is 419 g/mol. The largest absolute Gasteiger partial charge is 0.497 e. The van der Waals surface area contributed by atoms with Crippen LogP contribution in [-0.4, -0.2) is 22.4 Å². The summed E-state index contributed by atoms with van der Waals surface area (Å²) in [6, 6.07) is 11.0. The lowest BCUT2D eigenvalue weighted by atomic mass is 9.97. The fourth-order valence-electron chi connectivity index (χ4n) is 4.04. The van der Waals surface area contributed by atoms with Gasteiger partial charge in [0.05, 0.1) is 18.1 Å². The molecule has 0 aliphatic heterocycles. The Balaban J connectivity index is 1.51. The van der Waals surface area contributed by atoms with Gasteiger partial charge in [-0.25, -0.2) is 4.98 Å². The lowest BCUT2D eigenvalue weighted by molar-refractivity contribution is 0.0952. The Morgan fingerprint density at radius 3 is 2.80 bits per heavy atom. The molecule has 30 heavy (non-hydrogen) atoms. The summed E-state index contributed by atoms with van der Waals surface area (Å²) in [4.78, 5) is 32.9. The summed E-state index contributed by atoms with van der Waals surface area (Å²) < 4.78 is 6.67. The van der Waals surface area contributed by atoms with Gasteiger partial charge in [-0.3, -0.25) is 14.0 Å². The van der Waals surface area contributed by atoms with Crippen LogP contribution in [0, 0.1) is 0 Å². The topological polar surface area (TPSA) is 72.7 Å². The molecule has 6 nitrogen and oxygen atoms in total. The van der Waals surface area contributed by atoms with Crippen molar-refractivity contribution in [3.63, 3.8) is 0 Å². The number of nitrogens with one attached hydrogen (secondary N) is 1. The third kappa shape index (κ3) is 3.15. The number of fused-ring (bicyclic) bond motifs is 4. The fraction of sp³-hybridized carbons (Fsp3) is 0.261. The Morgan fingerprint density at radius 2 is 2.00 bits per heavy atom. The number of carbonyl (C=O) groups is 1. The molecule has 0 radical (unpaired) electrons. The number of ether oxygens (including phenoxy) is 1. The van der Waals surface area contributed by atoms with Crippen LogP contribution in [0.5, 0.6) is 5.75 Å². The molecule has 0 saturated carbocycles. The van der Waals surface area contributed by atoms with Gasteiger partial charge < -0.3 is 10.1 Å². The van der Waals surface area contributed by atoms with E-state index in [4.69, 9.17) is 9.72 Å². The predicted molar refractivity (Wildman–Crippen MR) is 118 cm³/mol. The van der Waals surface area contributed by atoms with Gasteiger partial charge in [-0.15, -0.1) is 11.3 Å². The highest BCUT2D eigenvalue weighted by atomic mass is 32.1. The molecule has 1 aliphatic carbocycles. The fourth-order valence-corrected chi connectivity index (χ4v) is 5.30. The lowest BCUT2D eigenvalue weighted by Crippen LogP contribution is -2.25. The van der Waals surface area contributed by atoms with Crippen LogP contribution in [0.2, 0.25) is 0 Å². The second-order valence-corrected chi connectivity index (χ2v) is 8.54. The number of rotatable bonds is 4. The van der Waals surface area contributed by atoms with Crippen LogP contribution in [0.25, 0.3) is 15.9 Å². The van der Waals surface area contributed by atoms with Gasteiger partial charge in [-0.1, -0.05) is 12.1 Å². The molecule has 0 atom stereocenters. The first-order valence-corrected chi connectivity index (χ1v) is 10.8. The SMILES string of the molecule is COc1ccc(CNC(=O)c2cccn3c(=O)c4c5c(sc4nc23)CCCC5)cc1. The Hall–Kier alpha value is -3.19. The summed E-state index contributed by atoms with van der Waals surface area (Å²) in [6.07, 6.45) is 5.89. The van der Waals surface area contributed by atoms with Gasteiger partial charge in [-0.05, 0) is 61.1 Å². The van der Waals surface area contributed by atoms with E-state index < -0.39 is 0 Å². The summed E-state index contributed by atoms with van der Waals surface area (Å²) in [6.45, 7) is 0.379. The number of methoxy groups -OCH3 is 1. The van der Waals surface area contributed by atoms with Crippen molar-refractivity contribution in [1.29, 1.82) is 0 Å². The third-order valence-corrected chi connectivity index (χ3v) is 6.80. The highest BCUT2D eigenvalue weighted by Gasteiger charge is 2.22. The van der Waals surface area contributed by atoms with Crippen molar-refractivity contribution in [2.45, 2.75) is 32.2 Å². The van der Waals surface area contributed by atoms with E-state index in [0.29, 0.717) is 17.8 Å². The van der Waals surface area contributed by atoms with Gasteiger partial charge in [0.1, 0.15) is 10.6 Å². The Bertz CT molecular complexity index is 1320. The minimum Gasteiger partial charge on any atom is -0.497 e. The standard InChI is InChI=1S/C23H21N3O3S/c1-29-15-10-8-14(9-11-15)13-24-21(27)17-6-4-12-26-20(17)25-22-19(23(26)28)16-5-2-3-7-18(16)30-22/h4,6,8-12H,2-3,5,7,13H2,1H3,(H,24,27). The molecular formula is C23H21N3O3S. The van der Waals surface area contributed by atoms with Crippen LogP contribution in [0.4, 0.5) is 0 Å². The molecule has 152 valence electrons. The number of aromatic nitrogens is 2. The van der Waals surface area contributed by atoms with Crippen LogP contribution in [0.3, 0.4) is 0 Å². The molecule has 0 fully saturated rings. The maximum absolute atomic E-state index is 13.2. The third-order valence-electron chi connectivity index (χ3n) is 5.62. The van der Waals surface area contributed by atoms with E-state index in [1.807, 2.05) is 24.3 Å². The van der Waals surface area contributed by atoms with Gasteiger partial charge in [0.15, 0.2) is 5.65 Å². The lowest BCUT2D eigenvalue weighted by Gasteiger charge is -2.11. The maximum Gasteiger partial charge on any atom is 0.266 e. The molecule has 5 rings (SSSR count). The average molecular weight is 420 g/mol. The highest BCUT2D eigenvalue weighted by Crippen LogP contribution is 2.34. The van der Waals surface area contributed by atoms with Crippen molar-refractivity contribution in [2.75, 3.05) is 7.11 Å². The summed E-state index contributed by atoms with van der Waals surface area (Å²) in [5, 5.41) is 3.65. The normalized spacial score (nSPS) is 13.4. The predicted octanol–water partition coefficient (Wildman–Crippen LogP) is 3.73. The van der Waals surface area contributed by atoms with E-state index in [1.165, 1.54) is 9.28 Å². The smallest absolute Gasteiger partial charge is 0.266 e. The number of carbonyl (C=O) groups excluding carboxylic acids is 1. The molecule has 0 saturated heterocycles. The van der Waals surface area contributed by atoms with Crippen molar-refractivity contribution in [3.05, 3.63) is 74.5 Å². The van der Waals surface area contributed by atoms with E-state index >= 15 is 0 Å². The van der Waals surface area contributed by atoms with Crippen molar-refractivity contribution in [3.8, 4) is 5.75 Å². The highest BCUT2D eigenvalue weighted by molar-refractivity contribution is 7.18. The quantitative estimate of drug-likeness (QED) is 0.547. The minimum atomic E-state index is -0.253. The first-order chi connectivity index (χ1) is 14.7. The molecule has 1 N–H and O–H groups in total. The molecule has 4 aromatic rings. The number of hydrogen-bond acceptors (Lipinski definition) is 5. The molecule has 3 aromatic heterocycles. The number of nitrogens with zero attached hydrogens (tertiary/aromatic N) is 2. The maximum atomic E-state index is 13.2. The average Bonchev–Trinajstić information content (AvgIpc) is 3.16. The zero-order chi connectivity index (χ0) is 20.7. The minimum absolute atomic E-state index is 0.0841.